The molecule has 3 rings (SSSR count). The van der Waals surface area contributed by atoms with Gasteiger partial charge < -0.3 is 19.4 Å². The lowest BCUT2D eigenvalue weighted by atomic mass is 9.75. The molecule has 1 aliphatic rings. The second-order valence-electron chi connectivity index (χ2n) is 7.43. The maximum absolute atomic E-state index is 10.4. The van der Waals surface area contributed by atoms with Crippen molar-refractivity contribution in [2.24, 2.45) is 0 Å². The standard InChI is InChI=1S/C20H29N3O2/c1-7-17-19(14(3)25-21-17)20(12-22(4)5)16(11-24)15-10-13(2)8-9-18(15)23(20)6/h8-10,16,24H,7,11-12H2,1-6H3. The van der Waals surface area contributed by atoms with Crippen LogP contribution in [-0.4, -0.2) is 49.5 Å². The van der Waals surface area contributed by atoms with Crippen LogP contribution in [0.1, 0.15) is 41.0 Å². The number of aromatic nitrogens is 1. The molecule has 0 spiro atoms. The van der Waals surface area contributed by atoms with Gasteiger partial charge in [0.2, 0.25) is 0 Å². The number of anilines is 1. The van der Waals surface area contributed by atoms with Crippen molar-refractivity contribution in [2.45, 2.75) is 38.6 Å². The van der Waals surface area contributed by atoms with Crippen molar-refractivity contribution in [1.82, 2.24) is 10.1 Å². The second-order valence-corrected chi connectivity index (χ2v) is 7.43. The summed E-state index contributed by atoms with van der Waals surface area (Å²) in [4.78, 5) is 4.51. The lowest BCUT2D eigenvalue weighted by Crippen LogP contribution is -2.52. The Kier molecular flexibility index (Phi) is 4.64. The van der Waals surface area contributed by atoms with Crippen LogP contribution in [0.4, 0.5) is 5.69 Å². The van der Waals surface area contributed by atoms with Gasteiger partial charge in [-0.1, -0.05) is 29.8 Å². The van der Waals surface area contributed by atoms with Crippen LogP contribution in [0.3, 0.4) is 0 Å². The summed E-state index contributed by atoms with van der Waals surface area (Å²) in [6.45, 7) is 7.04. The van der Waals surface area contributed by atoms with E-state index in [-0.39, 0.29) is 12.5 Å². The molecular formula is C20H29N3O2. The van der Waals surface area contributed by atoms with Crippen molar-refractivity contribution >= 4 is 5.69 Å². The number of aliphatic hydroxyl groups is 1. The molecule has 2 aromatic rings. The number of nitrogens with zero attached hydrogens (tertiary/aromatic N) is 3. The van der Waals surface area contributed by atoms with Gasteiger partial charge in [0.25, 0.3) is 0 Å². The zero-order chi connectivity index (χ0) is 18.4. The first-order chi connectivity index (χ1) is 11.9. The smallest absolute Gasteiger partial charge is 0.139 e. The zero-order valence-electron chi connectivity index (χ0n) is 16.1. The van der Waals surface area contributed by atoms with Crippen molar-refractivity contribution in [1.29, 1.82) is 0 Å². The molecule has 1 aromatic carbocycles. The molecule has 1 aromatic heterocycles. The van der Waals surface area contributed by atoms with Crippen molar-refractivity contribution in [3.05, 3.63) is 46.3 Å². The van der Waals surface area contributed by atoms with Crippen LogP contribution in [-0.2, 0) is 12.0 Å². The van der Waals surface area contributed by atoms with E-state index in [1.54, 1.807) is 0 Å². The zero-order valence-corrected chi connectivity index (χ0v) is 16.1. The van der Waals surface area contributed by atoms with E-state index in [1.165, 1.54) is 16.8 Å². The number of hydrogen-bond donors (Lipinski definition) is 1. The van der Waals surface area contributed by atoms with E-state index in [4.69, 9.17) is 4.52 Å². The third kappa shape index (κ3) is 2.57. The molecule has 0 radical (unpaired) electrons. The molecule has 136 valence electrons. The van der Waals surface area contributed by atoms with Gasteiger partial charge >= 0.3 is 0 Å². The summed E-state index contributed by atoms with van der Waals surface area (Å²) in [7, 11) is 6.28. The predicted octanol–water partition coefficient (Wildman–Crippen LogP) is 2.84. The monoisotopic (exact) mass is 343 g/mol. The minimum Gasteiger partial charge on any atom is -0.396 e. The first-order valence-corrected chi connectivity index (χ1v) is 8.92. The summed E-state index contributed by atoms with van der Waals surface area (Å²) >= 11 is 0. The Labute approximate surface area is 150 Å². The van der Waals surface area contributed by atoms with E-state index in [0.717, 1.165) is 30.0 Å². The lowest BCUT2D eigenvalue weighted by Gasteiger charge is -2.43. The van der Waals surface area contributed by atoms with Crippen molar-refractivity contribution in [2.75, 3.05) is 39.2 Å². The Morgan fingerprint density at radius 1 is 1.32 bits per heavy atom. The lowest BCUT2D eigenvalue weighted by molar-refractivity contribution is 0.177. The number of rotatable bonds is 5. The van der Waals surface area contributed by atoms with E-state index in [9.17, 15) is 5.11 Å². The molecule has 0 amide bonds. The van der Waals surface area contributed by atoms with Crippen molar-refractivity contribution < 1.29 is 9.63 Å². The Morgan fingerprint density at radius 3 is 2.64 bits per heavy atom. The summed E-state index contributed by atoms with van der Waals surface area (Å²) in [6.07, 6.45) is 0.809. The molecule has 5 heteroatoms. The van der Waals surface area contributed by atoms with E-state index in [0.29, 0.717) is 0 Å². The molecule has 1 aliphatic heterocycles. The third-order valence-corrected chi connectivity index (χ3v) is 5.54. The fourth-order valence-corrected chi connectivity index (χ4v) is 4.55. The molecule has 2 atom stereocenters. The summed E-state index contributed by atoms with van der Waals surface area (Å²) < 4.78 is 5.59. The highest BCUT2D eigenvalue weighted by Crippen LogP contribution is 2.54. The average Bonchev–Trinajstić information content (AvgIpc) is 3.03. The fraction of sp³-hybridized carbons (Fsp3) is 0.550. The number of fused-ring (bicyclic) bond motifs is 1. The molecule has 1 N–H and O–H groups in total. The van der Waals surface area contributed by atoms with Gasteiger partial charge in [0, 0.05) is 30.8 Å². The predicted molar refractivity (Wildman–Crippen MR) is 100 cm³/mol. The molecule has 0 aliphatic carbocycles. The second kappa shape index (κ2) is 6.46. The molecular weight excluding hydrogens is 314 g/mol. The molecule has 0 saturated carbocycles. The molecule has 5 nitrogen and oxygen atoms in total. The van der Waals surface area contributed by atoms with Gasteiger partial charge in [0.1, 0.15) is 5.76 Å². The highest BCUT2D eigenvalue weighted by Gasteiger charge is 2.54. The number of aryl methyl sites for hydroxylation is 3. The van der Waals surface area contributed by atoms with Gasteiger partial charge in [-0.15, -0.1) is 0 Å². The number of aliphatic hydroxyl groups excluding tert-OH is 1. The van der Waals surface area contributed by atoms with Crippen LogP contribution < -0.4 is 4.90 Å². The van der Waals surface area contributed by atoms with E-state index in [2.05, 4.69) is 68.1 Å². The first-order valence-electron chi connectivity index (χ1n) is 8.92. The molecule has 0 bridgehead atoms. The number of likely N-dealkylation sites (N-methyl/N-ethyl adjacent to an activating group) is 2. The largest absolute Gasteiger partial charge is 0.396 e. The molecule has 2 heterocycles. The fourth-order valence-electron chi connectivity index (χ4n) is 4.55. The quantitative estimate of drug-likeness (QED) is 0.905. The first kappa shape index (κ1) is 18.0. The maximum atomic E-state index is 10.4. The number of hydrogen-bond acceptors (Lipinski definition) is 5. The maximum Gasteiger partial charge on any atom is 0.139 e. The van der Waals surface area contributed by atoms with Crippen LogP contribution in [0.2, 0.25) is 0 Å². The Bertz CT molecular complexity index is 768. The summed E-state index contributed by atoms with van der Waals surface area (Å²) in [5.74, 6) is 0.812. The minimum absolute atomic E-state index is 0.0294. The molecule has 0 saturated heterocycles. The third-order valence-electron chi connectivity index (χ3n) is 5.54. The van der Waals surface area contributed by atoms with Crippen LogP contribution >= 0.6 is 0 Å². The SMILES string of the molecule is CCc1noc(C)c1C1(CN(C)C)C(CO)c2cc(C)ccc2N1C. The summed E-state index contributed by atoms with van der Waals surface area (Å²) in [5.41, 5.74) is 5.30. The van der Waals surface area contributed by atoms with Gasteiger partial charge in [-0.05, 0) is 46.0 Å². The minimum atomic E-state index is -0.399. The highest BCUT2D eigenvalue weighted by atomic mass is 16.5. The van der Waals surface area contributed by atoms with Crippen molar-refractivity contribution in [3.63, 3.8) is 0 Å². The van der Waals surface area contributed by atoms with Crippen LogP contribution in [0.5, 0.6) is 0 Å². The van der Waals surface area contributed by atoms with E-state index < -0.39 is 5.54 Å². The van der Waals surface area contributed by atoms with Gasteiger partial charge in [-0.25, -0.2) is 0 Å². The van der Waals surface area contributed by atoms with E-state index in [1.807, 2.05) is 6.92 Å². The van der Waals surface area contributed by atoms with Gasteiger partial charge in [0.15, 0.2) is 0 Å². The highest BCUT2D eigenvalue weighted by molar-refractivity contribution is 5.67. The van der Waals surface area contributed by atoms with Gasteiger partial charge in [-0.2, -0.15) is 0 Å². The summed E-state index contributed by atoms with van der Waals surface area (Å²) in [5, 5.41) is 14.7. The summed E-state index contributed by atoms with van der Waals surface area (Å²) in [6, 6.07) is 6.51. The average molecular weight is 343 g/mol. The molecule has 2 unspecified atom stereocenters. The van der Waals surface area contributed by atoms with Crippen LogP contribution in [0.25, 0.3) is 0 Å². The normalized spacial score (nSPS) is 22.7. The molecule has 0 fully saturated rings. The van der Waals surface area contributed by atoms with Crippen LogP contribution in [0, 0.1) is 13.8 Å². The van der Waals surface area contributed by atoms with Crippen LogP contribution in [0.15, 0.2) is 22.7 Å². The van der Waals surface area contributed by atoms with E-state index >= 15 is 0 Å². The Hall–Kier alpha value is -1.85. The molecule has 25 heavy (non-hydrogen) atoms. The van der Waals surface area contributed by atoms with Gasteiger partial charge in [0.05, 0.1) is 17.8 Å². The van der Waals surface area contributed by atoms with Gasteiger partial charge in [-0.3, -0.25) is 0 Å². The van der Waals surface area contributed by atoms with Crippen molar-refractivity contribution in [3.8, 4) is 0 Å². The number of benzene rings is 1. The Morgan fingerprint density at radius 2 is 2.04 bits per heavy atom. The topological polar surface area (TPSA) is 52.7 Å². The Balaban J connectivity index is 2.30.